The van der Waals surface area contributed by atoms with Gasteiger partial charge in [0.25, 0.3) is 0 Å². The number of allylic oxidation sites excluding steroid dienone is 2. The lowest BCUT2D eigenvalue weighted by Gasteiger charge is -2.27. The van der Waals surface area contributed by atoms with E-state index in [4.69, 9.17) is 0 Å². The summed E-state index contributed by atoms with van der Waals surface area (Å²) < 4.78 is 53.9. The maximum Gasteiger partial charge on any atom is 0.573 e. The molecule has 1 fully saturated rings. The predicted octanol–water partition coefficient (Wildman–Crippen LogP) is 7.56. The number of hydrogen-bond donors (Lipinski definition) is 0. The van der Waals surface area contributed by atoms with E-state index in [-0.39, 0.29) is 0 Å². The maximum absolute atomic E-state index is 13.7. The molecule has 1 nitrogen and oxygen atoms in total. The summed E-state index contributed by atoms with van der Waals surface area (Å²) in [6.07, 6.45) is 5.66. The summed E-state index contributed by atoms with van der Waals surface area (Å²) in [4.78, 5) is 0. The van der Waals surface area contributed by atoms with Crippen LogP contribution in [-0.2, 0) is 6.42 Å². The van der Waals surface area contributed by atoms with Crippen LogP contribution in [0.5, 0.6) is 5.75 Å². The first-order valence-electron chi connectivity index (χ1n) is 10.7. The average Bonchev–Trinajstić information content (AvgIpc) is 2.73. The third-order valence-electron chi connectivity index (χ3n) is 5.59. The van der Waals surface area contributed by atoms with Gasteiger partial charge in [-0.05, 0) is 79.3 Å². The summed E-state index contributed by atoms with van der Waals surface area (Å²) in [5.74, 6) is 4.72. The van der Waals surface area contributed by atoms with Gasteiger partial charge in [-0.25, -0.2) is 4.39 Å². The number of ether oxygens (including phenoxy) is 1. The summed E-state index contributed by atoms with van der Waals surface area (Å²) in [6.45, 7) is 2.19. The molecule has 0 aromatic heterocycles. The highest BCUT2D eigenvalue weighted by Gasteiger charge is 2.32. The summed E-state index contributed by atoms with van der Waals surface area (Å²) in [6, 6.07) is 12.2. The quantitative estimate of drug-likeness (QED) is 0.351. The number of halogens is 4. The van der Waals surface area contributed by atoms with Crippen molar-refractivity contribution in [3.8, 4) is 17.6 Å². The van der Waals surface area contributed by atoms with Crippen molar-refractivity contribution in [2.75, 3.05) is 0 Å². The summed E-state index contributed by atoms with van der Waals surface area (Å²) in [5, 5.41) is 0. The number of hydrogen-bond acceptors (Lipinski definition) is 1. The monoisotopic (exact) mass is 430 g/mol. The molecule has 0 saturated heterocycles. The molecular weight excluding hydrogens is 404 g/mol. The van der Waals surface area contributed by atoms with Crippen molar-refractivity contribution in [2.45, 2.75) is 57.7 Å². The van der Waals surface area contributed by atoms with Crippen molar-refractivity contribution in [2.24, 2.45) is 5.92 Å². The molecule has 0 radical (unpaired) electrons. The molecule has 164 valence electrons. The average molecular weight is 430 g/mol. The summed E-state index contributed by atoms with van der Waals surface area (Å²) in [5.41, 5.74) is 3.11. The van der Waals surface area contributed by atoms with Crippen LogP contribution < -0.4 is 4.74 Å². The smallest absolute Gasteiger partial charge is 0.403 e. The first-order chi connectivity index (χ1) is 14.8. The fourth-order valence-corrected chi connectivity index (χ4v) is 3.99. The zero-order valence-corrected chi connectivity index (χ0v) is 17.5. The Morgan fingerprint density at radius 3 is 2.35 bits per heavy atom. The minimum atomic E-state index is -4.92. The molecule has 0 amide bonds. The molecule has 0 heterocycles. The molecule has 2 aromatic rings. The van der Waals surface area contributed by atoms with Crippen molar-refractivity contribution in [1.82, 2.24) is 0 Å². The largest absolute Gasteiger partial charge is 0.573 e. The molecular formula is C26H26F4O. The minimum absolute atomic E-state index is 0.298. The Morgan fingerprint density at radius 1 is 1.03 bits per heavy atom. The van der Waals surface area contributed by atoms with E-state index < -0.39 is 17.9 Å². The van der Waals surface area contributed by atoms with E-state index in [2.05, 4.69) is 53.8 Å². The van der Waals surface area contributed by atoms with Crippen molar-refractivity contribution >= 4 is 0 Å². The Balaban J connectivity index is 1.50. The molecule has 5 heteroatoms. The van der Waals surface area contributed by atoms with Gasteiger partial charge in [-0.15, -0.1) is 13.2 Å². The highest BCUT2D eigenvalue weighted by Crippen LogP contribution is 2.36. The summed E-state index contributed by atoms with van der Waals surface area (Å²) in [7, 11) is 0. The number of benzene rings is 2. The van der Waals surface area contributed by atoms with Gasteiger partial charge in [-0.2, -0.15) is 0 Å². The predicted molar refractivity (Wildman–Crippen MR) is 114 cm³/mol. The van der Waals surface area contributed by atoms with E-state index in [1.54, 1.807) is 6.08 Å². The van der Waals surface area contributed by atoms with Gasteiger partial charge in [-0.3, -0.25) is 0 Å². The van der Waals surface area contributed by atoms with Crippen LogP contribution in [0.1, 0.15) is 61.6 Å². The Hall–Kier alpha value is -2.74. The Kier molecular flexibility index (Phi) is 7.79. The van der Waals surface area contributed by atoms with E-state index in [1.165, 1.54) is 17.2 Å². The number of aryl methyl sites for hydroxylation is 1. The lowest BCUT2D eigenvalue weighted by Crippen LogP contribution is -2.17. The van der Waals surface area contributed by atoms with Crippen LogP contribution in [0.25, 0.3) is 0 Å². The van der Waals surface area contributed by atoms with Crippen molar-refractivity contribution in [1.29, 1.82) is 0 Å². The minimum Gasteiger partial charge on any atom is -0.403 e. The molecule has 0 spiro atoms. The van der Waals surface area contributed by atoms with Crippen LogP contribution in [0.2, 0.25) is 0 Å². The zero-order chi connectivity index (χ0) is 22.3. The topological polar surface area (TPSA) is 9.23 Å². The van der Waals surface area contributed by atoms with Crippen molar-refractivity contribution in [3.63, 3.8) is 0 Å². The fourth-order valence-electron chi connectivity index (χ4n) is 3.99. The summed E-state index contributed by atoms with van der Waals surface area (Å²) >= 11 is 0. The van der Waals surface area contributed by atoms with Gasteiger partial charge in [0.05, 0.1) is 0 Å². The van der Waals surface area contributed by atoms with E-state index >= 15 is 0 Å². The number of rotatable bonds is 5. The highest BCUT2D eigenvalue weighted by atomic mass is 19.4. The molecule has 0 aliphatic heterocycles. The molecule has 1 aliphatic rings. The van der Waals surface area contributed by atoms with Crippen molar-refractivity contribution < 1.29 is 22.3 Å². The second-order valence-corrected chi connectivity index (χ2v) is 7.92. The number of alkyl halides is 3. The lowest BCUT2D eigenvalue weighted by molar-refractivity contribution is -0.275. The fraction of sp³-hybridized carbons (Fsp3) is 0.385. The normalized spacial score (nSPS) is 19.1. The van der Waals surface area contributed by atoms with Gasteiger partial charge in [0.2, 0.25) is 0 Å². The molecule has 1 saturated carbocycles. The second-order valence-electron chi connectivity index (χ2n) is 7.92. The van der Waals surface area contributed by atoms with Crippen molar-refractivity contribution in [3.05, 3.63) is 77.1 Å². The molecule has 2 aromatic carbocycles. The van der Waals surface area contributed by atoms with E-state index in [9.17, 15) is 17.6 Å². The van der Waals surface area contributed by atoms with Gasteiger partial charge >= 0.3 is 6.36 Å². The third-order valence-corrected chi connectivity index (χ3v) is 5.59. The van der Waals surface area contributed by atoms with Gasteiger partial charge < -0.3 is 4.74 Å². The molecule has 1 aliphatic carbocycles. The highest BCUT2D eigenvalue weighted by molar-refractivity contribution is 5.41. The Morgan fingerprint density at radius 2 is 1.74 bits per heavy atom. The first-order valence-corrected chi connectivity index (χ1v) is 10.7. The molecule has 31 heavy (non-hydrogen) atoms. The van der Waals surface area contributed by atoms with Gasteiger partial charge in [-0.1, -0.05) is 55.5 Å². The molecule has 0 unspecified atom stereocenters. The molecule has 0 bridgehead atoms. The van der Waals surface area contributed by atoms with Crippen LogP contribution >= 0.6 is 0 Å². The maximum atomic E-state index is 13.7. The van der Waals surface area contributed by atoms with Crippen LogP contribution in [0, 0.1) is 23.6 Å². The molecule has 3 rings (SSSR count). The standard InChI is InChI=1S/C26H26F4O/c1-2-5-19-8-13-22(14-9-19)23-15-10-20(11-16-23)6-3-4-7-21-12-17-25(24(27)18-21)31-26(28,29)30/h3,6,8-9,12-14,17-18,20,23H,2,5,10-11,15-16H2,1H3. The van der Waals surface area contributed by atoms with Gasteiger partial charge in [0.15, 0.2) is 11.6 Å². The van der Waals surface area contributed by atoms with Crippen LogP contribution in [-0.4, -0.2) is 6.36 Å². The molecule has 0 N–H and O–H groups in total. The van der Waals surface area contributed by atoms with Gasteiger partial charge in [0, 0.05) is 5.56 Å². The van der Waals surface area contributed by atoms with Crippen LogP contribution in [0.4, 0.5) is 17.6 Å². The van der Waals surface area contributed by atoms with E-state index in [0.29, 0.717) is 17.4 Å². The lowest BCUT2D eigenvalue weighted by atomic mass is 9.78. The first kappa shape index (κ1) is 22.9. The molecule has 0 atom stereocenters. The van der Waals surface area contributed by atoms with Gasteiger partial charge in [0.1, 0.15) is 0 Å². The third kappa shape index (κ3) is 7.17. The second kappa shape index (κ2) is 10.5. The van der Waals surface area contributed by atoms with E-state index in [0.717, 1.165) is 50.7 Å². The van der Waals surface area contributed by atoms with Crippen LogP contribution in [0.15, 0.2) is 54.6 Å². The Bertz CT molecular complexity index is 940. The van der Waals surface area contributed by atoms with E-state index in [1.807, 2.05) is 0 Å². The Labute approximate surface area is 181 Å². The zero-order valence-electron chi connectivity index (χ0n) is 17.5. The SMILES string of the molecule is CCCc1ccc(C2CCC(C=CC#Cc3ccc(OC(F)(F)F)c(F)c3)CC2)cc1. The van der Waals surface area contributed by atoms with Crippen LogP contribution in [0.3, 0.4) is 0 Å².